The number of rotatable bonds is 2. The van der Waals surface area contributed by atoms with Crippen LogP contribution in [-0.2, 0) is 9.53 Å². The van der Waals surface area contributed by atoms with Crippen molar-refractivity contribution < 1.29 is 24.9 Å². The third-order valence-corrected chi connectivity index (χ3v) is 4.22. The number of carbonyl (C=O) groups excluding carboxylic acids is 1. The smallest absolute Gasteiger partial charge is 0.255 e. The monoisotopic (exact) mass is 363 g/mol. The van der Waals surface area contributed by atoms with E-state index in [1.807, 2.05) is 0 Å². The molecule has 11 heteroatoms. The molecule has 6 atom stereocenters. The molecule has 3 aliphatic rings. The van der Waals surface area contributed by atoms with Crippen LogP contribution >= 0.6 is 15.9 Å². The van der Waals surface area contributed by atoms with Crippen LogP contribution in [0.15, 0.2) is 9.98 Å². The Morgan fingerprint density at radius 2 is 2.10 bits per heavy atom. The average molecular weight is 364 g/mol. The lowest BCUT2D eigenvalue weighted by Gasteiger charge is -2.33. The lowest BCUT2D eigenvalue weighted by Crippen LogP contribution is -2.57. The Labute approximate surface area is 127 Å². The minimum atomic E-state index is -1.29. The zero-order valence-electron chi connectivity index (χ0n) is 10.6. The summed E-state index contributed by atoms with van der Waals surface area (Å²) < 4.78 is 5.68. The molecule has 21 heavy (non-hydrogen) atoms. The third kappa shape index (κ3) is 2.21. The fourth-order valence-corrected chi connectivity index (χ4v) is 3.21. The predicted octanol–water partition coefficient (Wildman–Crippen LogP) is -3.37. The minimum absolute atomic E-state index is 0.0598. The van der Waals surface area contributed by atoms with E-state index in [1.54, 1.807) is 0 Å². The largest absolute Gasteiger partial charge is 0.394 e. The van der Waals surface area contributed by atoms with Gasteiger partial charge in [-0.25, -0.2) is 9.98 Å². The fraction of sp³-hybridized carbons (Fsp3) is 0.700. The second-order valence-electron chi connectivity index (χ2n) is 4.90. The van der Waals surface area contributed by atoms with Crippen LogP contribution in [0.1, 0.15) is 0 Å². The maximum Gasteiger partial charge on any atom is 0.255 e. The molecule has 0 spiro atoms. The Balaban J connectivity index is 1.90. The van der Waals surface area contributed by atoms with Crippen LogP contribution in [0.2, 0.25) is 0 Å². The van der Waals surface area contributed by atoms with Gasteiger partial charge in [0.1, 0.15) is 18.3 Å². The average Bonchev–Trinajstić information content (AvgIpc) is 2.89. The summed E-state index contributed by atoms with van der Waals surface area (Å²) in [6.07, 6.45) is -5.25. The Morgan fingerprint density at radius 1 is 1.38 bits per heavy atom. The number of aliphatic imine (C=N–C) groups is 2. The minimum Gasteiger partial charge on any atom is -0.394 e. The lowest BCUT2D eigenvalue weighted by atomic mass is 10.1. The molecular formula is C10H14BrN5O5. The van der Waals surface area contributed by atoms with Crippen molar-refractivity contribution >= 4 is 32.5 Å². The van der Waals surface area contributed by atoms with Gasteiger partial charge in [-0.1, -0.05) is 0 Å². The molecule has 3 rings (SSSR count). The number of carbonyl (C=O) groups is 1. The van der Waals surface area contributed by atoms with Crippen LogP contribution in [0.5, 0.6) is 0 Å². The summed E-state index contributed by atoms with van der Waals surface area (Å²) in [4.78, 5) is 21.5. The van der Waals surface area contributed by atoms with Gasteiger partial charge in [0.25, 0.3) is 5.91 Å². The first-order valence-electron chi connectivity index (χ1n) is 6.22. The highest BCUT2D eigenvalue weighted by Gasteiger charge is 2.53. The van der Waals surface area contributed by atoms with Gasteiger partial charge in [-0.15, -0.1) is 0 Å². The fourth-order valence-electron chi connectivity index (χ4n) is 2.58. The molecule has 0 aromatic rings. The number of amidine groups is 1. The summed E-state index contributed by atoms with van der Waals surface area (Å²) in [7, 11) is 0. The molecule has 0 radical (unpaired) electrons. The van der Waals surface area contributed by atoms with Crippen molar-refractivity contribution in [1.29, 1.82) is 0 Å². The second-order valence-corrected chi connectivity index (χ2v) is 5.61. The molecular weight excluding hydrogens is 350 g/mol. The standard InChI is InChI=1S/C10H14BrN5O5/c11-9-13-3-6(14-10(12)15-7(3)20)16(9)8-5(19)4(18)2(1-17)21-8/h2-6,8,17-19H,1H2,(H3,12,14,15,20)/t2-,3?,4+,5-,6?,8-/m1/s1. The van der Waals surface area contributed by atoms with Crippen LogP contribution in [0.25, 0.3) is 0 Å². The van der Waals surface area contributed by atoms with Crippen LogP contribution in [0, 0.1) is 0 Å². The first kappa shape index (κ1) is 14.7. The summed E-state index contributed by atoms with van der Waals surface area (Å²) in [6.45, 7) is -0.447. The molecule has 0 saturated carbocycles. The number of amides is 1. The van der Waals surface area contributed by atoms with Crippen LogP contribution < -0.4 is 11.1 Å². The first-order chi connectivity index (χ1) is 9.93. The van der Waals surface area contributed by atoms with Crippen molar-refractivity contribution in [2.24, 2.45) is 15.7 Å². The van der Waals surface area contributed by atoms with E-state index in [2.05, 4.69) is 31.2 Å². The molecule has 1 saturated heterocycles. The third-order valence-electron chi connectivity index (χ3n) is 3.61. The van der Waals surface area contributed by atoms with Crippen molar-refractivity contribution in [2.75, 3.05) is 6.61 Å². The summed E-state index contributed by atoms with van der Waals surface area (Å²) in [5.74, 6) is -0.478. The number of guanidine groups is 1. The van der Waals surface area contributed by atoms with Crippen LogP contribution in [0.4, 0.5) is 0 Å². The molecule has 0 aromatic heterocycles. The Bertz CT molecular complexity index is 528. The highest BCUT2D eigenvalue weighted by molar-refractivity contribution is 9.18. The molecule has 2 unspecified atom stereocenters. The molecule has 0 aromatic carbocycles. The number of ether oxygens (including phenoxy) is 1. The SMILES string of the molecule is NC1=NC2C(N=C(Br)N2[C@@H]2O[C@H](CO)[C@H](O)[C@H]2O)C(=O)N1. The van der Waals surface area contributed by atoms with Gasteiger partial charge in [0.2, 0.25) is 0 Å². The number of aliphatic hydroxyl groups excluding tert-OH is 3. The van der Waals surface area contributed by atoms with Gasteiger partial charge >= 0.3 is 0 Å². The van der Waals surface area contributed by atoms with E-state index >= 15 is 0 Å². The number of nitrogens with zero attached hydrogens (tertiary/aromatic N) is 3. The maximum atomic E-state index is 11.8. The van der Waals surface area contributed by atoms with Crippen molar-refractivity contribution in [2.45, 2.75) is 36.7 Å². The number of nitrogens with two attached hydrogens (primary N) is 1. The molecule has 6 N–H and O–H groups in total. The molecule has 0 aliphatic carbocycles. The van der Waals surface area contributed by atoms with Gasteiger partial charge in [0, 0.05) is 0 Å². The van der Waals surface area contributed by atoms with Gasteiger partial charge in [-0.05, 0) is 15.9 Å². The van der Waals surface area contributed by atoms with Gasteiger partial charge in [-0.3, -0.25) is 15.0 Å². The molecule has 1 fully saturated rings. The molecule has 116 valence electrons. The Hall–Kier alpha value is -1.27. The summed E-state index contributed by atoms with van der Waals surface area (Å²) in [5.41, 5.74) is 5.54. The summed E-state index contributed by atoms with van der Waals surface area (Å²) in [5, 5.41) is 31.4. The predicted molar refractivity (Wildman–Crippen MR) is 73.3 cm³/mol. The molecule has 3 heterocycles. The lowest BCUT2D eigenvalue weighted by molar-refractivity contribution is -0.124. The van der Waals surface area contributed by atoms with Gasteiger partial charge in [0.05, 0.1) is 6.61 Å². The van der Waals surface area contributed by atoms with Gasteiger partial charge < -0.3 is 25.8 Å². The summed E-state index contributed by atoms with van der Waals surface area (Å²) >= 11 is 3.19. The number of hydrogen-bond donors (Lipinski definition) is 5. The van der Waals surface area contributed by atoms with E-state index in [1.165, 1.54) is 4.90 Å². The number of aliphatic hydroxyl groups is 3. The molecule has 0 bridgehead atoms. The number of hydrogen-bond acceptors (Lipinski definition) is 9. The number of nitrogens with one attached hydrogen (secondary N) is 1. The first-order valence-corrected chi connectivity index (χ1v) is 7.01. The van der Waals surface area contributed by atoms with E-state index in [0.29, 0.717) is 0 Å². The highest BCUT2D eigenvalue weighted by Crippen LogP contribution is 2.33. The topological polar surface area (TPSA) is 153 Å². The van der Waals surface area contributed by atoms with E-state index < -0.39 is 49.3 Å². The second kappa shape index (κ2) is 5.18. The van der Waals surface area contributed by atoms with Crippen molar-refractivity contribution in [3.05, 3.63) is 0 Å². The molecule has 10 nitrogen and oxygen atoms in total. The van der Waals surface area contributed by atoms with Crippen molar-refractivity contribution in [3.63, 3.8) is 0 Å². The zero-order chi connectivity index (χ0) is 15.3. The van der Waals surface area contributed by atoms with Crippen LogP contribution in [-0.4, -0.2) is 80.2 Å². The van der Waals surface area contributed by atoms with Crippen molar-refractivity contribution in [3.8, 4) is 0 Å². The normalized spacial score (nSPS) is 42.5. The maximum absolute atomic E-state index is 11.8. The van der Waals surface area contributed by atoms with Gasteiger partial charge in [-0.2, -0.15) is 0 Å². The van der Waals surface area contributed by atoms with E-state index in [9.17, 15) is 15.0 Å². The van der Waals surface area contributed by atoms with Gasteiger partial charge in [0.15, 0.2) is 29.1 Å². The van der Waals surface area contributed by atoms with Crippen LogP contribution in [0.3, 0.4) is 0 Å². The molecule has 1 amide bonds. The quantitative estimate of drug-likeness (QED) is 0.321. The number of fused-ring (bicyclic) bond motifs is 1. The summed E-state index contributed by atoms with van der Waals surface area (Å²) in [6, 6.07) is -0.826. The van der Waals surface area contributed by atoms with E-state index in [4.69, 9.17) is 15.6 Å². The molecule has 3 aliphatic heterocycles. The van der Waals surface area contributed by atoms with Crippen molar-refractivity contribution in [1.82, 2.24) is 10.2 Å². The Morgan fingerprint density at radius 3 is 2.71 bits per heavy atom. The number of halogens is 1. The highest BCUT2D eigenvalue weighted by atomic mass is 79.9. The Kier molecular flexibility index (Phi) is 3.61. The van der Waals surface area contributed by atoms with E-state index in [-0.39, 0.29) is 10.7 Å². The van der Waals surface area contributed by atoms with E-state index in [0.717, 1.165) is 0 Å². The zero-order valence-corrected chi connectivity index (χ0v) is 12.2.